The Labute approximate surface area is 111 Å². The first kappa shape index (κ1) is 13.9. The lowest BCUT2D eigenvalue weighted by atomic mass is 9.78. The molecule has 1 saturated carbocycles. The van der Waals surface area contributed by atoms with E-state index in [0.29, 0.717) is 17.7 Å². The molecule has 1 amide bonds. The van der Waals surface area contributed by atoms with Gasteiger partial charge in [-0.2, -0.15) is 0 Å². The number of carbonyl (C=O) groups excluding carboxylic acids is 1. The minimum Gasteiger partial charge on any atom is -0.342 e. The first-order chi connectivity index (χ1) is 8.49. The first-order valence-corrected chi connectivity index (χ1v) is 7.53. The van der Waals surface area contributed by atoms with Crippen LogP contribution in [0.3, 0.4) is 0 Å². The van der Waals surface area contributed by atoms with Crippen LogP contribution in [0.25, 0.3) is 0 Å². The fourth-order valence-corrected chi connectivity index (χ4v) is 3.30. The van der Waals surface area contributed by atoms with Crippen LogP contribution in [0.2, 0.25) is 0 Å². The molecule has 0 radical (unpaired) electrons. The van der Waals surface area contributed by atoms with Crippen molar-refractivity contribution in [1.82, 2.24) is 4.90 Å². The number of hydrogen-bond acceptors (Lipinski definition) is 2. The Morgan fingerprint density at radius 1 is 1.06 bits per heavy atom. The van der Waals surface area contributed by atoms with Gasteiger partial charge >= 0.3 is 0 Å². The lowest BCUT2D eigenvalue weighted by Gasteiger charge is -2.39. The summed E-state index contributed by atoms with van der Waals surface area (Å²) in [4.78, 5) is 14.6. The van der Waals surface area contributed by atoms with Crippen LogP contribution < -0.4 is 5.73 Å². The molecule has 1 aliphatic carbocycles. The number of nitrogens with zero attached hydrogens (tertiary/aromatic N) is 1. The highest BCUT2D eigenvalue weighted by Crippen LogP contribution is 2.31. The minimum absolute atomic E-state index is 0.191. The molecule has 1 saturated heterocycles. The quantitative estimate of drug-likeness (QED) is 0.778. The van der Waals surface area contributed by atoms with E-state index < -0.39 is 0 Å². The summed E-state index contributed by atoms with van der Waals surface area (Å²) < 4.78 is 0. The molecule has 0 aromatic rings. The molecule has 5 unspecified atom stereocenters. The monoisotopic (exact) mass is 252 g/mol. The Morgan fingerprint density at radius 3 is 2.39 bits per heavy atom. The molecule has 0 spiro atoms. The van der Waals surface area contributed by atoms with Crippen molar-refractivity contribution in [3.05, 3.63) is 0 Å². The third-order valence-electron chi connectivity index (χ3n) is 5.25. The van der Waals surface area contributed by atoms with Crippen LogP contribution in [0.15, 0.2) is 0 Å². The van der Waals surface area contributed by atoms with E-state index in [1.54, 1.807) is 0 Å². The highest BCUT2D eigenvalue weighted by Gasteiger charge is 2.34. The molecule has 3 nitrogen and oxygen atoms in total. The number of carbonyl (C=O) groups is 1. The molecule has 2 aliphatic rings. The minimum atomic E-state index is 0.191. The van der Waals surface area contributed by atoms with Crippen molar-refractivity contribution in [2.75, 3.05) is 13.1 Å². The summed E-state index contributed by atoms with van der Waals surface area (Å²) in [6.07, 6.45) is 4.19. The van der Waals surface area contributed by atoms with E-state index in [1.807, 2.05) is 0 Å². The largest absolute Gasteiger partial charge is 0.342 e. The molecule has 2 rings (SSSR count). The van der Waals surface area contributed by atoms with Crippen molar-refractivity contribution < 1.29 is 4.79 Å². The molecule has 0 aromatic carbocycles. The lowest BCUT2D eigenvalue weighted by molar-refractivity contribution is -0.139. The van der Waals surface area contributed by atoms with Gasteiger partial charge in [0.25, 0.3) is 0 Å². The Bertz CT molecular complexity index is 277. The van der Waals surface area contributed by atoms with Gasteiger partial charge in [-0.1, -0.05) is 20.8 Å². The molecule has 0 bridgehead atoms. The smallest absolute Gasteiger partial charge is 0.225 e. The van der Waals surface area contributed by atoms with Gasteiger partial charge in [0.2, 0.25) is 5.91 Å². The Morgan fingerprint density at radius 2 is 1.78 bits per heavy atom. The van der Waals surface area contributed by atoms with E-state index in [0.717, 1.165) is 44.7 Å². The fraction of sp³-hybridized carbons (Fsp3) is 0.933. The molecule has 0 aromatic heterocycles. The molecule has 5 atom stereocenters. The fourth-order valence-electron chi connectivity index (χ4n) is 3.30. The van der Waals surface area contributed by atoms with Crippen molar-refractivity contribution in [2.45, 2.75) is 52.5 Å². The van der Waals surface area contributed by atoms with Crippen LogP contribution in [-0.4, -0.2) is 29.9 Å². The van der Waals surface area contributed by atoms with Crippen molar-refractivity contribution in [2.24, 2.45) is 29.4 Å². The van der Waals surface area contributed by atoms with Crippen LogP contribution >= 0.6 is 0 Å². The van der Waals surface area contributed by atoms with Gasteiger partial charge in [0, 0.05) is 25.0 Å². The van der Waals surface area contributed by atoms with Crippen LogP contribution in [0.4, 0.5) is 0 Å². The third-order valence-corrected chi connectivity index (χ3v) is 5.25. The summed E-state index contributed by atoms with van der Waals surface area (Å²) >= 11 is 0. The summed E-state index contributed by atoms with van der Waals surface area (Å²) in [5.74, 6) is 2.53. The summed E-state index contributed by atoms with van der Waals surface area (Å²) in [5, 5.41) is 0. The number of amides is 1. The van der Waals surface area contributed by atoms with Crippen molar-refractivity contribution in [3.8, 4) is 0 Å². The predicted molar refractivity (Wildman–Crippen MR) is 74.0 cm³/mol. The van der Waals surface area contributed by atoms with Gasteiger partial charge in [0.1, 0.15) is 0 Å². The normalized spacial score (nSPS) is 41.8. The van der Waals surface area contributed by atoms with Gasteiger partial charge in [-0.05, 0) is 43.4 Å². The highest BCUT2D eigenvalue weighted by atomic mass is 16.2. The molecule has 104 valence electrons. The van der Waals surface area contributed by atoms with Crippen molar-refractivity contribution in [1.29, 1.82) is 0 Å². The summed E-state index contributed by atoms with van der Waals surface area (Å²) in [5.41, 5.74) is 6.11. The van der Waals surface area contributed by atoms with Crippen molar-refractivity contribution >= 4 is 5.91 Å². The summed E-state index contributed by atoms with van der Waals surface area (Å²) in [6, 6.07) is 0.217. The van der Waals surface area contributed by atoms with Gasteiger partial charge in [0.05, 0.1) is 0 Å². The third kappa shape index (κ3) is 2.87. The van der Waals surface area contributed by atoms with E-state index >= 15 is 0 Å². The molecule has 1 heterocycles. The molecule has 3 heteroatoms. The van der Waals surface area contributed by atoms with Crippen LogP contribution in [-0.2, 0) is 4.79 Å². The van der Waals surface area contributed by atoms with Crippen molar-refractivity contribution in [3.63, 3.8) is 0 Å². The standard InChI is InChI=1S/C15H28N2O/c1-10-6-7-17(9-12(10)3)15(18)13-5-4-11(2)14(16)8-13/h10-14H,4-9,16H2,1-3H3. The number of rotatable bonds is 1. The maximum absolute atomic E-state index is 12.5. The molecule has 2 N–H and O–H groups in total. The predicted octanol–water partition coefficient (Wildman–Crippen LogP) is 2.25. The van der Waals surface area contributed by atoms with E-state index in [-0.39, 0.29) is 12.0 Å². The second kappa shape index (κ2) is 5.60. The summed E-state index contributed by atoms with van der Waals surface area (Å²) in [6.45, 7) is 8.66. The molecule has 1 aliphatic heterocycles. The van der Waals surface area contributed by atoms with Crippen LogP contribution in [0, 0.1) is 23.7 Å². The zero-order chi connectivity index (χ0) is 13.3. The second-order valence-corrected chi connectivity index (χ2v) is 6.68. The number of nitrogens with two attached hydrogens (primary N) is 1. The SMILES string of the molecule is CC1CCN(C(=O)C2CCC(C)C(N)C2)CC1C. The average molecular weight is 252 g/mol. The van der Waals surface area contributed by atoms with E-state index in [9.17, 15) is 4.79 Å². The Balaban J connectivity index is 1.91. The zero-order valence-corrected chi connectivity index (χ0v) is 12.1. The molecular formula is C15H28N2O. The van der Waals surface area contributed by atoms with Gasteiger partial charge in [-0.25, -0.2) is 0 Å². The number of piperidine rings is 1. The number of hydrogen-bond donors (Lipinski definition) is 1. The highest BCUT2D eigenvalue weighted by molar-refractivity contribution is 5.79. The maximum Gasteiger partial charge on any atom is 0.225 e. The summed E-state index contributed by atoms with van der Waals surface area (Å²) in [7, 11) is 0. The molecular weight excluding hydrogens is 224 g/mol. The average Bonchev–Trinajstić information content (AvgIpc) is 2.35. The first-order valence-electron chi connectivity index (χ1n) is 7.53. The maximum atomic E-state index is 12.5. The molecule has 2 fully saturated rings. The lowest BCUT2D eigenvalue weighted by Crippen LogP contribution is -2.47. The Hall–Kier alpha value is -0.570. The zero-order valence-electron chi connectivity index (χ0n) is 12.1. The van der Waals surface area contributed by atoms with Gasteiger partial charge in [-0.3, -0.25) is 4.79 Å². The van der Waals surface area contributed by atoms with Crippen LogP contribution in [0.5, 0.6) is 0 Å². The molecule has 18 heavy (non-hydrogen) atoms. The van der Waals surface area contributed by atoms with Crippen LogP contribution in [0.1, 0.15) is 46.5 Å². The van der Waals surface area contributed by atoms with E-state index in [2.05, 4.69) is 25.7 Å². The number of likely N-dealkylation sites (tertiary alicyclic amines) is 1. The Kier molecular flexibility index (Phi) is 4.31. The van der Waals surface area contributed by atoms with E-state index in [1.165, 1.54) is 0 Å². The topological polar surface area (TPSA) is 46.3 Å². The van der Waals surface area contributed by atoms with E-state index in [4.69, 9.17) is 5.73 Å². The van der Waals surface area contributed by atoms with Gasteiger partial charge < -0.3 is 10.6 Å². The van der Waals surface area contributed by atoms with Gasteiger partial charge in [0.15, 0.2) is 0 Å². The van der Waals surface area contributed by atoms with Gasteiger partial charge in [-0.15, -0.1) is 0 Å². The second-order valence-electron chi connectivity index (χ2n) is 6.68.